The van der Waals surface area contributed by atoms with Crippen LogP contribution in [0.3, 0.4) is 0 Å². The van der Waals surface area contributed by atoms with E-state index in [1.807, 2.05) is 7.05 Å². The van der Waals surface area contributed by atoms with Gasteiger partial charge in [-0.2, -0.15) is 0 Å². The first-order valence-corrected chi connectivity index (χ1v) is 8.17. The molecule has 0 radical (unpaired) electrons. The number of amides is 3. The second-order valence-electron chi connectivity index (χ2n) is 5.66. The normalized spacial score (nSPS) is 29.4. The van der Waals surface area contributed by atoms with Crippen molar-refractivity contribution in [2.24, 2.45) is 0 Å². The lowest BCUT2D eigenvalue weighted by Crippen LogP contribution is -2.52. The largest absolute Gasteiger partial charge is 0.344 e. The zero-order chi connectivity index (χ0) is 14.3. The molecule has 3 aliphatic rings. The van der Waals surface area contributed by atoms with Gasteiger partial charge in [-0.05, 0) is 19.3 Å². The predicted molar refractivity (Wildman–Crippen MR) is 74.9 cm³/mol. The van der Waals surface area contributed by atoms with Gasteiger partial charge in [-0.3, -0.25) is 14.4 Å². The molecule has 1 aliphatic carbocycles. The Balaban J connectivity index is 1.66. The number of hydrogen-bond acceptors (Lipinski definition) is 4. The average Bonchev–Trinajstić information content (AvgIpc) is 3.01. The van der Waals surface area contributed by atoms with Gasteiger partial charge in [0.1, 0.15) is 12.1 Å². The molecule has 110 valence electrons. The lowest BCUT2D eigenvalue weighted by Gasteiger charge is -2.29. The first kappa shape index (κ1) is 13.7. The van der Waals surface area contributed by atoms with Crippen molar-refractivity contribution in [3.63, 3.8) is 0 Å². The van der Waals surface area contributed by atoms with Crippen molar-refractivity contribution in [2.75, 3.05) is 18.7 Å². The minimum absolute atomic E-state index is 0.0372. The van der Waals surface area contributed by atoms with E-state index in [9.17, 15) is 14.4 Å². The maximum atomic E-state index is 12.5. The summed E-state index contributed by atoms with van der Waals surface area (Å²) in [6.45, 7) is 0. The van der Waals surface area contributed by atoms with E-state index in [-0.39, 0.29) is 23.8 Å². The van der Waals surface area contributed by atoms with Crippen LogP contribution in [0, 0.1) is 0 Å². The molecule has 1 N–H and O–H groups in total. The topological polar surface area (TPSA) is 69.7 Å². The van der Waals surface area contributed by atoms with Crippen LogP contribution in [0.5, 0.6) is 0 Å². The minimum Gasteiger partial charge on any atom is -0.344 e. The number of hydrogen-bond donors (Lipinski definition) is 1. The Kier molecular flexibility index (Phi) is 3.62. The fourth-order valence-electron chi connectivity index (χ4n) is 2.74. The highest BCUT2D eigenvalue weighted by molar-refractivity contribution is 7.99. The van der Waals surface area contributed by atoms with E-state index < -0.39 is 6.04 Å². The quantitative estimate of drug-likeness (QED) is 0.782. The molecule has 3 rings (SSSR count). The van der Waals surface area contributed by atoms with E-state index in [0.29, 0.717) is 30.5 Å². The van der Waals surface area contributed by atoms with E-state index in [1.54, 1.807) is 21.6 Å². The van der Waals surface area contributed by atoms with Gasteiger partial charge in [-0.25, -0.2) is 0 Å². The summed E-state index contributed by atoms with van der Waals surface area (Å²) in [7, 11) is 1.82. The molecule has 1 unspecified atom stereocenters. The molecule has 6 nitrogen and oxygen atoms in total. The van der Waals surface area contributed by atoms with Crippen LogP contribution in [0.4, 0.5) is 0 Å². The Labute approximate surface area is 122 Å². The van der Waals surface area contributed by atoms with Crippen molar-refractivity contribution in [2.45, 2.75) is 43.8 Å². The molecule has 0 aromatic carbocycles. The molecule has 20 heavy (non-hydrogen) atoms. The van der Waals surface area contributed by atoms with Crippen LogP contribution in [-0.4, -0.2) is 64.3 Å². The van der Waals surface area contributed by atoms with Crippen LogP contribution >= 0.6 is 11.8 Å². The standard InChI is InChI=1S/C13H19N3O3S/c1-15(8-2-3-8)13(19)10-6-20-7-16(10)12(18)9-4-5-11(17)14-9/h8-10H,2-7H2,1H3,(H,14,17)/t9-,10?/m1/s1. The van der Waals surface area contributed by atoms with E-state index in [0.717, 1.165) is 12.8 Å². The summed E-state index contributed by atoms with van der Waals surface area (Å²) >= 11 is 1.60. The number of nitrogens with one attached hydrogen (secondary N) is 1. The van der Waals surface area contributed by atoms with Crippen LogP contribution in [0.25, 0.3) is 0 Å². The second-order valence-corrected chi connectivity index (χ2v) is 6.66. The van der Waals surface area contributed by atoms with Crippen LogP contribution in [0.2, 0.25) is 0 Å². The third kappa shape index (κ3) is 2.51. The van der Waals surface area contributed by atoms with Crippen LogP contribution in [0.1, 0.15) is 25.7 Å². The fourth-order valence-corrected chi connectivity index (χ4v) is 3.90. The number of rotatable bonds is 3. The Bertz CT molecular complexity index is 452. The van der Waals surface area contributed by atoms with Gasteiger partial charge in [-0.1, -0.05) is 0 Å². The lowest BCUT2D eigenvalue weighted by atomic mass is 10.1. The van der Waals surface area contributed by atoms with Gasteiger partial charge in [0.05, 0.1) is 5.88 Å². The van der Waals surface area contributed by atoms with Gasteiger partial charge in [0.15, 0.2) is 0 Å². The molecule has 0 aromatic heterocycles. The monoisotopic (exact) mass is 297 g/mol. The number of nitrogens with zero attached hydrogens (tertiary/aromatic N) is 2. The van der Waals surface area contributed by atoms with E-state index in [2.05, 4.69) is 5.32 Å². The van der Waals surface area contributed by atoms with Crippen LogP contribution < -0.4 is 5.32 Å². The molecule has 1 saturated carbocycles. The summed E-state index contributed by atoms with van der Waals surface area (Å²) in [6, 6.07) is -0.449. The molecule has 2 atom stereocenters. The minimum atomic E-state index is -0.442. The van der Waals surface area contributed by atoms with Crippen molar-refractivity contribution in [3.8, 4) is 0 Å². The van der Waals surface area contributed by atoms with E-state index in [1.165, 1.54) is 0 Å². The van der Waals surface area contributed by atoms with Crippen molar-refractivity contribution in [1.82, 2.24) is 15.1 Å². The molecule has 0 bridgehead atoms. The average molecular weight is 297 g/mol. The number of carbonyl (C=O) groups is 3. The highest BCUT2D eigenvalue weighted by Gasteiger charge is 2.42. The van der Waals surface area contributed by atoms with Crippen molar-refractivity contribution in [3.05, 3.63) is 0 Å². The molecule has 0 aromatic rings. The Morgan fingerprint density at radius 1 is 1.35 bits per heavy atom. The van der Waals surface area contributed by atoms with Crippen molar-refractivity contribution in [1.29, 1.82) is 0 Å². The first-order chi connectivity index (χ1) is 9.58. The molecular weight excluding hydrogens is 278 g/mol. The van der Waals surface area contributed by atoms with Gasteiger partial charge in [0.25, 0.3) is 0 Å². The van der Waals surface area contributed by atoms with Gasteiger partial charge in [-0.15, -0.1) is 11.8 Å². The molecule has 2 heterocycles. The molecule has 7 heteroatoms. The van der Waals surface area contributed by atoms with Gasteiger partial charge in [0.2, 0.25) is 17.7 Å². The summed E-state index contributed by atoms with van der Waals surface area (Å²) in [5, 5.41) is 2.69. The Hall–Kier alpha value is -1.24. The molecule has 3 amide bonds. The van der Waals surface area contributed by atoms with Crippen LogP contribution in [0.15, 0.2) is 0 Å². The number of carbonyl (C=O) groups excluding carboxylic acids is 3. The number of likely N-dealkylation sites (N-methyl/N-ethyl adjacent to an activating group) is 1. The summed E-state index contributed by atoms with van der Waals surface area (Å²) in [4.78, 5) is 39.6. The third-order valence-corrected chi connectivity index (χ3v) is 5.20. The van der Waals surface area contributed by atoms with Gasteiger partial charge in [0, 0.05) is 25.3 Å². The number of thioether (sulfide) groups is 1. The lowest BCUT2D eigenvalue weighted by molar-refractivity contribution is -0.144. The molecule has 3 fully saturated rings. The highest BCUT2D eigenvalue weighted by atomic mass is 32.2. The Morgan fingerprint density at radius 2 is 2.10 bits per heavy atom. The predicted octanol–water partition coefficient (Wildman–Crippen LogP) is -0.213. The second kappa shape index (κ2) is 5.27. The van der Waals surface area contributed by atoms with E-state index >= 15 is 0 Å². The summed E-state index contributed by atoms with van der Waals surface area (Å²) < 4.78 is 0. The first-order valence-electron chi connectivity index (χ1n) is 7.02. The van der Waals surface area contributed by atoms with Gasteiger partial charge < -0.3 is 15.1 Å². The maximum Gasteiger partial charge on any atom is 0.246 e. The smallest absolute Gasteiger partial charge is 0.246 e. The van der Waals surface area contributed by atoms with Crippen molar-refractivity contribution >= 4 is 29.5 Å². The molecular formula is C13H19N3O3S. The zero-order valence-electron chi connectivity index (χ0n) is 11.5. The molecule has 2 aliphatic heterocycles. The summed E-state index contributed by atoms with van der Waals surface area (Å²) in [5.41, 5.74) is 0. The fraction of sp³-hybridized carbons (Fsp3) is 0.769. The maximum absolute atomic E-state index is 12.5. The summed E-state index contributed by atoms with van der Waals surface area (Å²) in [6.07, 6.45) is 3.07. The molecule has 0 spiro atoms. The summed E-state index contributed by atoms with van der Waals surface area (Å²) in [5.74, 6) is 1.05. The zero-order valence-corrected chi connectivity index (χ0v) is 12.3. The molecule has 2 saturated heterocycles. The van der Waals surface area contributed by atoms with E-state index in [4.69, 9.17) is 0 Å². The third-order valence-electron chi connectivity index (χ3n) is 4.19. The SMILES string of the molecule is CN(C(=O)C1CSCN1C(=O)[C@H]1CCC(=O)N1)C1CC1. The Morgan fingerprint density at radius 3 is 2.70 bits per heavy atom. The van der Waals surface area contributed by atoms with Crippen molar-refractivity contribution < 1.29 is 14.4 Å². The van der Waals surface area contributed by atoms with Crippen LogP contribution in [-0.2, 0) is 14.4 Å². The highest BCUT2D eigenvalue weighted by Crippen LogP contribution is 2.30. The van der Waals surface area contributed by atoms with Gasteiger partial charge >= 0.3 is 0 Å².